The van der Waals surface area contributed by atoms with Crippen LogP contribution in [0.3, 0.4) is 0 Å². The first kappa shape index (κ1) is 21.6. The number of nitrogens with zero attached hydrogens (tertiary/aromatic N) is 2. The number of carbonyl (C=O) groups excluding carboxylic acids is 2. The summed E-state index contributed by atoms with van der Waals surface area (Å²) in [5.74, 6) is 0.536. The third-order valence-electron chi connectivity index (χ3n) is 4.80. The van der Waals surface area contributed by atoms with Crippen LogP contribution in [0.15, 0.2) is 75.8 Å². The number of rotatable bonds is 5. The average Bonchev–Trinajstić information content (AvgIpc) is 3.34. The van der Waals surface area contributed by atoms with Crippen molar-refractivity contribution in [3.63, 3.8) is 0 Å². The maximum atomic E-state index is 13.0. The summed E-state index contributed by atoms with van der Waals surface area (Å²) >= 11 is 5.94. The molecule has 3 aromatic rings. The van der Waals surface area contributed by atoms with Gasteiger partial charge in [0.1, 0.15) is 11.5 Å². The second-order valence-corrected chi connectivity index (χ2v) is 8.01. The highest BCUT2D eigenvalue weighted by Gasteiger charge is 2.29. The predicted molar refractivity (Wildman–Crippen MR) is 125 cm³/mol. The third kappa shape index (κ3) is 4.50. The molecule has 162 valence electrons. The lowest BCUT2D eigenvalue weighted by molar-refractivity contribution is -0.114. The van der Waals surface area contributed by atoms with Crippen LogP contribution in [0.2, 0.25) is 5.02 Å². The molecule has 2 heterocycles. The SMILES string of the molecule is CC1=NN(c2ccc(C(=O)OC(C)C)cc2)C(=O)/C1=C/c1ccc(-c2ccc(Cl)cc2)o1. The number of furan rings is 1. The summed E-state index contributed by atoms with van der Waals surface area (Å²) in [6.07, 6.45) is 1.47. The molecular formula is C25H21ClN2O4. The largest absolute Gasteiger partial charge is 0.459 e. The zero-order valence-electron chi connectivity index (χ0n) is 17.8. The number of hydrogen-bond donors (Lipinski definition) is 0. The minimum Gasteiger partial charge on any atom is -0.459 e. The van der Waals surface area contributed by atoms with Gasteiger partial charge in [-0.2, -0.15) is 10.1 Å². The zero-order chi connectivity index (χ0) is 22.8. The Bertz CT molecular complexity index is 1220. The number of carbonyl (C=O) groups is 2. The first-order valence-electron chi connectivity index (χ1n) is 10.1. The number of hydrazone groups is 1. The van der Waals surface area contributed by atoms with E-state index < -0.39 is 5.97 Å². The number of benzene rings is 2. The van der Waals surface area contributed by atoms with Gasteiger partial charge in [0.05, 0.1) is 28.6 Å². The van der Waals surface area contributed by atoms with Crippen molar-refractivity contribution in [1.82, 2.24) is 0 Å². The molecule has 0 unspecified atom stereocenters. The van der Waals surface area contributed by atoms with Crippen molar-refractivity contribution in [3.8, 4) is 11.3 Å². The monoisotopic (exact) mass is 448 g/mol. The van der Waals surface area contributed by atoms with E-state index in [1.54, 1.807) is 69.3 Å². The standard InChI is InChI=1S/C25H21ClN2O4/c1-15(2)31-25(30)18-6-10-20(11-7-18)28-24(29)22(16(3)27-28)14-21-12-13-23(32-21)17-4-8-19(26)9-5-17/h4-15H,1-3H3/b22-14+. The van der Waals surface area contributed by atoms with E-state index in [4.69, 9.17) is 20.8 Å². The topological polar surface area (TPSA) is 72.1 Å². The number of hydrogen-bond acceptors (Lipinski definition) is 5. The molecule has 32 heavy (non-hydrogen) atoms. The average molecular weight is 449 g/mol. The molecule has 1 aliphatic heterocycles. The summed E-state index contributed by atoms with van der Waals surface area (Å²) < 4.78 is 11.1. The van der Waals surface area contributed by atoms with Crippen LogP contribution in [0.5, 0.6) is 0 Å². The Morgan fingerprint density at radius 1 is 1.06 bits per heavy atom. The van der Waals surface area contributed by atoms with Crippen molar-refractivity contribution < 1.29 is 18.7 Å². The van der Waals surface area contributed by atoms with Gasteiger partial charge in [0, 0.05) is 10.6 Å². The zero-order valence-corrected chi connectivity index (χ0v) is 18.6. The van der Waals surface area contributed by atoms with Gasteiger partial charge in [-0.05, 0) is 87.5 Å². The molecule has 2 aromatic carbocycles. The Morgan fingerprint density at radius 3 is 2.41 bits per heavy atom. The van der Waals surface area contributed by atoms with Crippen LogP contribution in [0, 0.1) is 0 Å². The molecule has 4 rings (SSSR count). The predicted octanol–water partition coefficient (Wildman–Crippen LogP) is 5.97. The van der Waals surface area contributed by atoms with E-state index in [1.165, 1.54) is 5.01 Å². The van der Waals surface area contributed by atoms with Crippen molar-refractivity contribution in [2.75, 3.05) is 5.01 Å². The summed E-state index contributed by atoms with van der Waals surface area (Å²) in [7, 11) is 0. The van der Waals surface area contributed by atoms with Crippen molar-refractivity contribution in [2.24, 2.45) is 5.10 Å². The second kappa shape index (κ2) is 8.85. The smallest absolute Gasteiger partial charge is 0.338 e. The van der Waals surface area contributed by atoms with Crippen molar-refractivity contribution >= 4 is 41.0 Å². The molecule has 7 heteroatoms. The highest BCUT2D eigenvalue weighted by molar-refractivity contribution is 6.32. The molecule has 0 spiro atoms. The number of esters is 1. The van der Waals surface area contributed by atoms with Gasteiger partial charge in [0.15, 0.2) is 0 Å². The van der Waals surface area contributed by atoms with Crippen molar-refractivity contribution in [3.05, 3.63) is 82.6 Å². The van der Waals surface area contributed by atoms with E-state index in [9.17, 15) is 9.59 Å². The Balaban J connectivity index is 1.53. The molecule has 0 saturated heterocycles. The van der Waals surface area contributed by atoms with Crippen LogP contribution in [0.1, 0.15) is 36.9 Å². The fourth-order valence-electron chi connectivity index (χ4n) is 3.22. The Hall–Kier alpha value is -3.64. The van der Waals surface area contributed by atoms with Crippen LogP contribution in [-0.4, -0.2) is 23.7 Å². The lowest BCUT2D eigenvalue weighted by atomic mass is 10.1. The van der Waals surface area contributed by atoms with E-state index in [1.807, 2.05) is 18.2 Å². The van der Waals surface area contributed by atoms with Gasteiger partial charge < -0.3 is 9.15 Å². The summed E-state index contributed by atoms with van der Waals surface area (Å²) in [5.41, 5.74) is 2.86. The van der Waals surface area contributed by atoms with E-state index in [2.05, 4.69) is 5.10 Å². The molecule has 0 saturated carbocycles. The Kier molecular flexibility index (Phi) is 5.97. The minimum absolute atomic E-state index is 0.205. The third-order valence-corrected chi connectivity index (χ3v) is 5.05. The van der Waals surface area contributed by atoms with Crippen molar-refractivity contribution in [1.29, 1.82) is 0 Å². The lowest BCUT2D eigenvalue weighted by Crippen LogP contribution is -2.21. The quantitative estimate of drug-likeness (QED) is 0.356. The molecule has 1 aliphatic rings. The molecular weight excluding hydrogens is 428 g/mol. The molecule has 0 aliphatic carbocycles. The number of amides is 1. The second-order valence-electron chi connectivity index (χ2n) is 7.57. The molecule has 0 radical (unpaired) electrons. The lowest BCUT2D eigenvalue weighted by Gasteiger charge is -2.13. The van der Waals surface area contributed by atoms with Crippen LogP contribution in [-0.2, 0) is 9.53 Å². The van der Waals surface area contributed by atoms with Crippen molar-refractivity contribution in [2.45, 2.75) is 26.9 Å². The van der Waals surface area contributed by atoms with E-state index in [0.29, 0.717) is 39.1 Å². The van der Waals surface area contributed by atoms with E-state index >= 15 is 0 Å². The highest BCUT2D eigenvalue weighted by atomic mass is 35.5. The van der Waals surface area contributed by atoms with E-state index in [0.717, 1.165) is 5.56 Å². The molecule has 0 atom stereocenters. The maximum absolute atomic E-state index is 13.0. The van der Waals surface area contributed by atoms with Crippen LogP contribution in [0.25, 0.3) is 17.4 Å². The minimum atomic E-state index is -0.408. The van der Waals surface area contributed by atoms with Crippen LogP contribution in [0.4, 0.5) is 5.69 Å². The number of ether oxygens (including phenoxy) is 1. The van der Waals surface area contributed by atoms with Gasteiger partial charge in [0.25, 0.3) is 5.91 Å². The van der Waals surface area contributed by atoms with Gasteiger partial charge >= 0.3 is 5.97 Å². The first-order valence-corrected chi connectivity index (χ1v) is 10.5. The van der Waals surface area contributed by atoms with Gasteiger partial charge in [-0.3, -0.25) is 4.79 Å². The first-order chi connectivity index (χ1) is 15.3. The molecule has 0 fully saturated rings. The fraction of sp³-hybridized carbons (Fsp3) is 0.160. The summed E-state index contributed by atoms with van der Waals surface area (Å²) in [5, 5.41) is 6.33. The Labute approximate surface area is 190 Å². The molecule has 6 nitrogen and oxygen atoms in total. The normalized spacial score (nSPS) is 14.9. The Morgan fingerprint density at radius 2 is 1.75 bits per heavy atom. The highest BCUT2D eigenvalue weighted by Crippen LogP contribution is 2.28. The van der Waals surface area contributed by atoms with Gasteiger partial charge in [-0.15, -0.1) is 0 Å². The molecule has 0 N–H and O–H groups in total. The molecule has 1 aromatic heterocycles. The van der Waals surface area contributed by atoms with Gasteiger partial charge in [-0.1, -0.05) is 11.6 Å². The molecule has 0 bridgehead atoms. The number of anilines is 1. The summed E-state index contributed by atoms with van der Waals surface area (Å²) in [6.45, 7) is 5.34. The van der Waals surface area contributed by atoms with Crippen LogP contribution < -0.4 is 5.01 Å². The fourth-order valence-corrected chi connectivity index (χ4v) is 3.35. The van der Waals surface area contributed by atoms with Crippen LogP contribution >= 0.6 is 11.6 Å². The summed E-state index contributed by atoms with van der Waals surface area (Å²) in [4.78, 5) is 25.0. The van der Waals surface area contributed by atoms with E-state index in [-0.39, 0.29) is 12.0 Å². The van der Waals surface area contributed by atoms with Gasteiger partial charge in [-0.25, -0.2) is 4.79 Å². The number of halogens is 1. The van der Waals surface area contributed by atoms with Gasteiger partial charge in [0.2, 0.25) is 0 Å². The molecule has 1 amide bonds. The maximum Gasteiger partial charge on any atom is 0.338 e. The summed E-state index contributed by atoms with van der Waals surface area (Å²) in [6, 6.07) is 17.5.